The van der Waals surface area contributed by atoms with Crippen molar-refractivity contribution < 1.29 is 22.8 Å². The van der Waals surface area contributed by atoms with Crippen LogP contribution >= 0.6 is 22.9 Å². The molecule has 1 N–H and O–H groups in total. The zero-order chi connectivity index (χ0) is 20.5. The van der Waals surface area contributed by atoms with Crippen molar-refractivity contribution in [3.63, 3.8) is 0 Å². The Kier molecular flexibility index (Phi) is 5.85. The van der Waals surface area contributed by atoms with E-state index in [1.807, 2.05) is 12.3 Å². The number of hydrogen-bond donors (Lipinski definition) is 1. The van der Waals surface area contributed by atoms with E-state index in [0.29, 0.717) is 23.0 Å². The highest BCUT2D eigenvalue weighted by atomic mass is 35.5. The van der Waals surface area contributed by atoms with Gasteiger partial charge in [0.25, 0.3) is 5.91 Å². The fourth-order valence-corrected chi connectivity index (χ4v) is 4.05. The molecule has 1 fully saturated rings. The maximum Gasteiger partial charge on any atom is 0.416 e. The van der Waals surface area contributed by atoms with Crippen molar-refractivity contribution in [1.29, 1.82) is 0 Å². The molecule has 1 aliphatic heterocycles. The number of piperazine rings is 1. The average molecular weight is 432 g/mol. The largest absolute Gasteiger partial charge is 0.416 e. The van der Waals surface area contributed by atoms with Crippen LogP contribution in [0.3, 0.4) is 0 Å². The van der Waals surface area contributed by atoms with Gasteiger partial charge in [0, 0.05) is 31.9 Å². The zero-order valence-electron chi connectivity index (χ0n) is 14.8. The minimum atomic E-state index is -4.48. The van der Waals surface area contributed by atoms with Crippen LogP contribution in [0.2, 0.25) is 5.02 Å². The molecule has 0 unspecified atom stereocenters. The molecule has 0 saturated carbocycles. The second kappa shape index (κ2) is 8.00. The van der Waals surface area contributed by atoms with Crippen molar-refractivity contribution in [3.05, 3.63) is 50.7 Å². The molecule has 28 heavy (non-hydrogen) atoms. The summed E-state index contributed by atoms with van der Waals surface area (Å²) in [7, 11) is 0. The fraction of sp³-hybridized carbons (Fsp3) is 0.333. The van der Waals surface area contributed by atoms with Gasteiger partial charge in [-0.05, 0) is 36.1 Å². The standard InChI is InChI=1S/C18H17ClF3N3O2S/c1-11-10-28-15(14(11)19)16(26)24-5-7-25(8-6-24)17(27)23-13-4-2-3-12(9-13)18(20,21)22/h2-4,9-10H,5-8H2,1H3,(H,23,27). The third kappa shape index (κ3) is 4.41. The predicted octanol–water partition coefficient (Wildman–Crippen LogP) is 4.72. The van der Waals surface area contributed by atoms with Crippen LogP contribution in [-0.2, 0) is 6.18 Å². The van der Waals surface area contributed by atoms with Crippen molar-refractivity contribution in [2.45, 2.75) is 13.1 Å². The van der Waals surface area contributed by atoms with Gasteiger partial charge in [-0.1, -0.05) is 17.7 Å². The van der Waals surface area contributed by atoms with Crippen LogP contribution in [0.5, 0.6) is 0 Å². The molecule has 1 aromatic heterocycles. The molecule has 5 nitrogen and oxygen atoms in total. The smallest absolute Gasteiger partial charge is 0.334 e. The predicted molar refractivity (Wildman–Crippen MR) is 102 cm³/mol. The number of nitrogens with one attached hydrogen (secondary N) is 1. The summed E-state index contributed by atoms with van der Waals surface area (Å²) in [4.78, 5) is 28.5. The van der Waals surface area contributed by atoms with Gasteiger partial charge in [0.05, 0.1) is 10.6 Å². The van der Waals surface area contributed by atoms with Crippen molar-refractivity contribution in [3.8, 4) is 0 Å². The molecule has 0 atom stereocenters. The molecule has 0 aliphatic carbocycles. The van der Waals surface area contributed by atoms with E-state index in [-0.39, 0.29) is 24.7 Å². The van der Waals surface area contributed by atoms with Gasteiger partial charge < -0.3 is 15.1 Å². The maximum absolute atomic E-state index is 12.8. The first kappa shape index (κ1) is 20.5. The lowest BCUT2D eigenvalue weighted by Crippen LogP contribution is -2.51. The monoisotopic (exact) mass is 431 g/mol. The van der Waals surface area contributed by atoms with Gasteiger partial charge in [-0.15, -0.1) is 11.3 Å². The van der Waals surface area contributed by atoms with Crippen LogP contribution < -0.4 is 5.32 Å². The summed E-state index contributed by atoms with van der Waals surface area (Å²) in [5.74, 6) is -0.180. The molecule has 2 aromatic rings. The first-order chi connectivity index (χ1) is 13.2. The Bertz CT molecular complexity index is 892. The molecule has 2 heterocycles. The third-order valence-electron chi connectivity index (χ3n) is 4.39. The Morgan fingerprint density at radius 2 is 1.79 bits per heavy atom. The SMILES string of the molecule is Cc1csc(C(=O)N2CCN(C(=O)Nc3cccc(C(F)(F)F)c3)CC2)c1Cl. The number of alkyl halides is 3. The molecule has 1 aliphatic rings. The molecular formula is C18H17ClF3N3O2S. The van der Waals surface area contributed by atoms with Crippen molar-refractivity contribution >= 4 is 40.6 Å². The fourth-order valence-electron chi connectivity index (χ4n) is 2.81. The second-order valence-electron chi connectivity index (χ2n) is 6.35. The number of amides is 3. The molecule has 1 saturated heterocycles. The highest BCUT2D eigenvalue weighted by Crippen LogP contribution is 2.31. The first-order valence-corrected chi connectivity index (χ1v) is 9.68. The maximum atomic E-state index is 12.8. The third-order valence-corrected chi connectivity index (χ3v) is 6.07. The van der Waals surface area contributed by atoms with Gasteiger partial charge in [0.1, 0.15) is 4.88 Å². The topological polar surface area (TPSA) is 52.7 Å². The number of anilines is 1. The normalized spacial score (nSPS) is 14.9. The van der Waals surface area contributed by atoms with Crippen LogP contribution in [0.25, 0.3) is 0 Å². The van der Waals surface area contributed by atoms with E-state index in [1.54, 1.807) is 4.90 Å². The average Bonchev–Trinajstić information content (AvgIpc) is 2.99. The Balaban J connectivity index is 1.58. The van der Waals surface area contributed by atoms with Crippen LogP contribution in [0.1, 0.15) is 20.8 Å². The number of carbonyl (C=O) groups is 2. The molecule has 1 aromatic carbocycles. The van der Waals surface area contributed by atoms with Crippen LogP contribution in [0, 0.1) is 6.92 Å². The summed E-state index contributed by atoms with van der Waals surface area (Å²) < 4.78 is 38.3. The van der Waals surface area contributed by atoms with Crippen LogP contribution in [0.4, 0.5) is 23.7 Å². The molecule has 0 spiro atoms. The molecule has 150 valence electrons. The van der Waals surface area contributed by atoms with Gasteiger partial charge in [0.2, 0.25) is 0 Å². The lowest BCUT2D eigenvalue weighted by molar-refractivity contribution is -0.137. The number of benzene rings is 1. The van der Waals surface area contributed by atoms with E-state index in [9.17, 15) is 22.8 Å². The van der Waals surface area contributed by atoms with Crippen molar-refractivity contribution in [1.82, 2.24) is 9.80 Å². The van der Waals surface area contributed by atoms with E-state index >= 15 is 0 Å². The van der Waals surface area contributed by atoms with Gasteiger partial charge in [-0.25, -0.2) is 4.79 Å². The minimum Gasteiger partial charge on any atom is -0.334 e. The molecule has 3 amide bonds. The number of hydrogen-bond acceptors (Lipinski definition) is 3. The zero-order valence-corrected chi connectivity index (χ0v) is 16.4. The lowest BCUT2D eigenvalue weighted by Gasteiger charge is -2.34. The number of urea groups is 1. The lowest BCUT2D eigenvalue weighted by atomic mass is 10.2. The van der Waals surface area contributed by atoms with Gasteiger partial charge >= 0.3 is 12.2 Å². The van der Waals surface area contributed by atoms with Gasteiger partial charge in [-0.3, -0.25) is 4.79 Å². The number of carbonyl (C=O) groups excluding carboxylic acids is 2. The molecular weight excluding hydrogens is 415 g/mol. The summed E-state index contributed by atoms with van der Waals surface area (Å²) in [6.45, 7) is 3.02. The summed E-state index contributed by atoms with van der Waals surface area (Å²) in [6, 6.07) is 3.96. The number of rotatable bonds is 2. The Hall–Kier alpha value is -2.26. The Morgan fingerprint density at radius 3 is 2.36 bits per heavy atom. The Morgan fingerprint density at radius 1 is 1.14 bits per heavy atom. The van der Waals surface area contributed by atoms with Gasteiger partial charge in [-0.2, -0.15) is 13.2 Å². The van der Waals surface area contributed by atoms with Crippen LogP contribution in [-0.4, -0.2) is 47.9 Å². The van der Waals surface area contributed by atoms with Crippen molar-refractivity contribution in [2.24, 2.45) is 0 Å². The summed E-state index contributed by atoms with van der Waals surface area (Å²) in [5.41, 5.74) is 0.0807. The number of nitrogens with zero attached hydrogens (tertiary/aromatic N) is 2. The minimum absolute atomic E-state index is 0.0687. The summed E-state index contributed by atoms with van der Waals surface area (Å²) in [6.07, 6.45) is -4.48. The number of aryl methyl sites for hydroxylation is 1. The number of thiophene rings is 1. The van der Waals surface area contributed by atoms with Gasteiger partial charge in [0.15, 0.2) is 0 Å². The van der Waals surface area contributed by atoms with Crippen LogP contribution in [0.15, 0.2) is 29.6 Å². The quantitative estimate of drug-likeness (QED) is 0.748. The summed E-state index contributed by atoms with van der Waals surface area (Å²) >= 11 is 7.43. The molecule has 0 bridgehead atoms. The summed E-state index contributed by atoms with van der Waals surface area (Å²) in [5, 5.41) is 4.73. The highest BCUT2D eigenvalue weighted by molar-refractivity contribution is 7.13. The highest BCUT2D eigenvalue weighted by Gasteiger charge is 2.31. The Labute approximate surface area is 168 Å². The molecule has 10 heteroatoms. The first-order valence-electron chi connectivity index (χ1n) is 8.43. The van der Waals surface area contributed by atoms with E-state index in [1.165, 1.54) is 28.4 Å². The molecule has 3 rings (SSSR count). The van der Waals surface area contributed by atoms with E-state index in [4.69, 9.17) is 11.6 Å². The number of halogens is 4. The van der Waals surface area contributed by atoms with E-state index < -0.39 is 17.8 Å². The van der Waals surface area contributed by atoms with Crippen molar-refractivity contribution in [2.75, 3.05) is 31.5 Å². The van der Waals surface area contributed by atoms with E-state index in [2.05, 4.69) is 5.32 Å². The second-order valence-corrected chi connectivity index (χ2v) is 7.61. The molecule has 0 radical (unpaired) electrons. The van der Waals surface area contributed by atoms with E-state index in [0.717, 1.165) is 17.7 Å².